The highest BCUT2D eigenvalue weighted by Crippen LogP contribution is 2.35. The van der Waals surface area contributed by atoms with Crippen LogP contribution in [0.5, 0.6) is 0 Å². The number of nitro groups is 1. The Hall–Kier alpha value is -2.77. The molecule has 10 nitrogen and oxygen atoms in total. The lowest BCUT2D eigenvalue weighted by Gasteiger charge is -2.30. The highest BCUT2D eigenvalue weighted by molar-refractivity contribution is 7.93. The second-order valence-electron chi connectivity index (χ2n) is 7.46. The van der Waals surface area contributed by atoms with Crippen LogP contribution < -0.4 is 9.62 Å². The molecule has 2 aromatic carbocycles. The van der Waals surface area contributed by atoms with Gasteiger partial charge in [0.25, 0.3) is 15.7 Å². The standard InChI is InChI=1S/C19H23FN4O6S2/c1-22(2)32(29,30)14-9-10-18(17(13-14)24(25)26)31(27,28)21-19-15(20)7-6-8-16(19)23-11-4-3-5-12-23/h6-10,13,21H,3-5,11-12H2,1-2H3. The Morgan fingerprint density at radius 2 is 1.72 bits per heavy atom. The summed E-state index contributed by atoms with van der Waals surface area (Å²) in [5.74, 6) is -0.828. The van der Waals surface area contributed by atoms with Gasteiger partial charge in [-0.3, -0.25) is 14.8 Å². The molecule has 0 bridgehead atoms. The van der Waals surface area contributed by atoms with E-state index in [1.54, 1.807) is 6.07 Å². The lowest BCUT2D eigenvalue weighted by molar-refractivity contribution is -0.388. The molecule has 0 aliphatic carbocycles. The van der Waals surface area contributed by atoms with E-state index in [1.807, 2.05) is 4.90 Å². The monoisotopic (exact) mass is 486 g/mol. The minimum absolute atomic E-state index is 0.311. The van der Waals surface area contributed by atoms with Crippen molar-refractivity contribution in [1.82, 2.24) is 4.31 Å². The van der Waals surface area contributed by atoms with E-state index < -0.39 is 46.3 Å². The van der Waals surface area contributed by atoms with Crippen LogP contribution in [0.3, 0.4) is 0 Å². The molecule has 2 aromatic rings. The van der Waals surface area contributed by atoms with Crippen LogP contribution in [0, 0.1) is 15.9 Å². The molecule has 0 spiro atoms. The summed E-state index contributed by atoms with van der Waals surface area (Å²) in [6, 6.07) is 6.60. The first kappa shape index (κ1) is 23.9. The number of hydrogen-bond donors (Lipinski definition) is 1. The number of benzene rings is 2. The largest absolute Gasteiger partial charge is 0.370 e. The molecule has 0 radical (unpaired) electrons. The number of nitro benzene ring substituents is 1. The second kappa shape index (κ2) is 9.00. The average molecular weight is 487 g/mol. The second-order valence-corrected chi connectivity index (χ2v) is 11.3. The summed E-state index contributed by atoms with van der Waals surface area (Å²) in [5, 5.41) is 11.6. The van der Waals surface area contributed by atoms with Crippen molar-refractivity contribution in [3.63, 3.8) is 0 Å². The van der Waals surface area contributed by atoms with Crippen LogP contribution in [0.4, 0.5) is 21.5 Å². The molecule has 1 heterocycles. The van der Waals surface area contributed by atoms with Crippen LogP contribution in [-0.4, -0.2) is 53.2 Å². The van der Waals surface area contributed by atoms with Crippen molar-refractivity contribution >= 4 is 37.1 Å². The summed E-state index contributed by atoms with van der Waals surface area (Å²) in [6.07, 6.45) is 2.76. The molecule has 0 atom stereocenters. The molecule has 0 amide bonds. The fourth-order valence-electron chi connectivity index (χ4n) is 3.44. The third-order valence-electron chi connectivity index (χ3n) is 5.12. The molecular weight excluding hydrogens is 463 g/mol. The van der Waals surface area contributed by atoms with Crippen LogP contribution in [-0.2, 0) is 20.0 Å². The van der Waals surface area contributed by atoms with Gasteiger partial charge in [0.1, 0.15) is 11.5 Å². The third kappa shape index (κ3) is 4.69. The molecule has 0 unspecified atom stereocenters. The molecule has 13 heteroatoms. The van der Waals surface area contributed by atoms with Crippen molar-refractivity contribution in [1.29, 1.82) is 0 Å². The molecule has 32 heavy (non-hydrogen) atoms. The minimum atomic E-state index is -4.62. The predicted molar refractivity (Wildman–Crippen MR) is 117 cm³/mol. The Bertz CT molecular complexity index is 1240. The number of para-hydroxylation sites is 1. The Labute approximate surface area is 185 Å². The van der Waals surface area contributed by atoms with Gasteiger partial charge < -0.3 is 4.90 Å². The number of nitrogens with one attached hydrogen (secondary N) is 1. The maximum Gasteiger partial charge on any atom is 0.291 e. The van der Waals surface area contributed by atoms with E-state index in [4.69, 9.17) is 0 Å². The van der Waals surface area contributed by atoms with Crippen LogP contribution in [0.25, 0.3) is 0 Å². The Morgan fingerprint density at radius 1 is 1.06 bits per heavy atom. The first-order valence-corrected chi connectivity index (χ1v) is 12.6. The number of nitrogens with zero attached hydrogens (tertiary/aromatic N) is 3. The molecule has 1 N–H and O–H groups in total. The lowest BCUT2D eigenvalue weighted by Crippen LogP contribution is -2.30. The molecular formula is C19H23FN4O6S2. The van der Waals surface area contributed by atoms with Gasteiger partial charge in [-0.05, 0) is 43.5 Å². The van der Waals surface area contributed by atoms with Crippen molar-refractivity contribution in [3.05, 3.63) is 52.3 Å². The fourth-order valence-corrected chi connectivity index (χ4v) is 5.60. The summed E-state index contributed by atoms with van der Waals surface area (Å²) in [4.78, 5) is 11.2. The number of hydrogen-bond acceptors (Lipinski definition) is 7. The normalized spacial score (nSPS) is 15.1. The maximum atomic E-state index is 14.6. The van der Waals surface area contributed by atoms with E-state index >= 15 is 0 Å². The number of anilines is 2. The van der Waals surface area contributed by atoms with Gasteiger partial charge in [-0.25, -0.2) is 25.5 Å². The van der Waals surface area contributed by atoms with E-state index in [9.17, 15) is 31.3 Å². The van der Waals surface area contributed by atoms with Crippen LogP contribution in [0.1, 0.15) is 19.3 Å². The molecule has 1 fully saturated rings. The first-order valence-electron chi connectivity index (χ1n) is 9.72. The van der Waals surface area contributed by atoms with Gasteiger partial charge in [0, 0.05) is 33.3 Å². The van der Waals surface area contributed by atoms with Gasteiger partial charge in [0.05, 0.1) is 15.5 Å². The van der Waals surface area contributed by atoms with E-state index in [0.717, 1.165) is 41.8 Å². The molecule has 3 rings (SSSR count). The number of rotatable bonds is 7. The van der Waals surface area contributed by atoms with Gasteiger partial charge in [-0.2, -0.15) is 0 Å². The van der Waals surface area contributed by atoms with Gasteiger partial charge >= 0.3 is 0 Å². The van der Waals surface area contributed by atoms with Gasteiger partial charge in [-0.1, -0.05) is 6.07 Å². The fraction of sp³-hybridized carbons (Fsp3) is 0.368. The van der Waals surface area contributed by atoms with Gasteiger partial charge in [0.15, 0.2) is 4.90 Å². The summed E-state index contributed by atoms with van der Waals surface area (Å²) >= 11 is 0. The summed E-state index contributed by atoms with van der Waals surface area (Å²) in [6.45, 7) is 1.24. The van der Waals surface area contributed by atoms with Crippen molar-refractivity contribution in [2.75, 3.05) is 36.8 Å². The van der Waals surface area contributed by atoms with Gasteiger partial charge in [-0.15, -0.1) is 0 Å². The Balaban J connectivity index is 2.07. The smallest absolute Gasteiger partial charge is 0.291 e. The zero-order chi connectivity index (χ0) is 23.7. The van der Waals surface area contributed by atoms with Crippen molar-refractivity contribution in [3.8, 4) is 0 Å². The van der Waals surface area contributed by atoms with Gasteiger partial charge in [0.2, 0.25) is 10.0 Å². The highest BCUT2D eigenvalue weighted by atomic mass is 32.2. The molecule has 0 aromatic heterocycles. The lowest BCUT2D eigenvalue weighted by atomic mass is 10.1. The van der Waals surface area contributed by atoms with Crippen molar-refractivity contribution in [2.45, 2.75) is 29.1 Å². The average Bonchev–Trinajstić information content (AvgIpc) is 2.75. The Kier molecular flexibility index (Phi) is 6.72. The molecule has 1 aliphatic heterocycles. The van der Waals surface area contributed by atoms with Crippen molar-refractivity contribution in [2.24, 2.45) is 0 Å². The quantitative estimate of drug-likeness (QED) is 0.470. The third-order valence-corrected chi connectivity index (χ3v) is 8.33. The Morgan fingerprint density at radius 3 is 2.31 bits per heavy atom. The summed E-state index contributed by atoms with van der Waals surface area (Å²) in [5.41, 5.74) is -0.910. The SMILES string of the molecule is CN(C)S(=O)(=O)c1ccc(S(=O)(=O)Nc2c(F)cccc2N2CCCCC2)c([N+](=O)[O-])c1. The minimum Gasteiger partial charge on any atom is -0.370 e. The number of halogens is 1. The highest BCUT2D eigenvalue weighted by Gasteiger charge is 2.31. The molecule has 174 valence electrons. The molecule has 1 saturated heterocycles. The van der Waals surface area contributed by atoms with Crippen LogP contribution in [0.2, 0.25) is 0 Å². The van der Waals surface area contributed by atoms with E-state index in [-0.39, 0.29) is 5.69 Å². The van der Waals surface area contributed by atoms with E-state index in [2.05, 4.69) is 4.72 Å². The number of sulfonamides is 2. The van der Waals surface area contributed by atoms with E-state index in [1.165, 1.54) is 20.2 Å². The summed E-state index contributed by atoms with van der Waals surface area (Å²) < 4.78 is 68.3. The maximum absolute atomic E-state index is 14.6. The predicted octanol–water partition coefficient (Wildman–Crippen LogP) is 2.78. The van der Waals surface area contributed by atoms with Crippen molar-refractivity contribution < 1.29 is 26.1 Å². The summed E-state index contributed by atoms with van der Waals surface area (Å²) in [7, 11) is -6.17. The molecule has 1 aliphatic rings. The topological polar surface area (TPSA) is 130 Å². The molecule has 0 saturated carbocycles. The zero-order valence-corrected chi connectivity index (χ0v) is 19.1. The van der Waals surface area contributed by atoms with E-state index in [0.29, 0.717) is 24.8 Å². The van der Waals surface area contributed by atoms with Crippen LogP contribution >= 0.6 is 0 Å². The first-order chi connectivity index (χ1) is 14.9. The number of piperidine rings is 1. The van der Waals surface area contributed by atoms with Crippen LogP contribution in [0.15, 0.2) is 46.2 Å². The zero-order valence-electron chi connectivity index (χ0n) is 17.5.